The molecule has 2 aliphatic rings. The number of ether oxygens (including phenoxy) is 2. The lowest BCUT2D eigenvalue weighted by Gasteiger charge is -2.20. The molecule has 35 heavy (non-hydrogen) atoms. The van der Waals surface area contributed by atoms with E-state index in [4.69, 9.17) is 26.5 Å². The third-order valence-electron chi connectivity index (χ3n) is 4.95. The predicted octanol–water partition coefficient (Wildman–Crippen LogP) is 4.33. The lowest BCUT2D eigenvalue weighted by Crippen LogP contribution is -2.35. The van der Waals surface area contributed by atoms with Gasteiger partial charge in [-0.25, -0.2) is 8.42 Å². The molecule has 4 rings (SSSR count). The summed E-state index contributed by atoms with van der Waals surface area (Å²) >= 11 is 7.25. The Morgan fingerprint density at radius 2 is 1.91 bits per heavy atom. The summed E-state index contributed by atoms with van der Waals surface area (Å²) in [6.45, 7) is 3.96. The maximum Gasteiger partial charge on any atom is 0.283 e. The molecule has 1 N–H and O–H groups in total. The Hall–Kier alpha value is -3.15. The average Bonchev–Trinajstić information content (AvgIpc) is 3.27. The summed E-state index contributed by atoms with van der Waals surface area (Å²) in [6, 6.07) is 12.8. The number of nitrogens with one attached hydrogen (secondary N) is 1. The van der Waals surface area contributed by atoms with E-state index >= 15 is 0 Å². The molecule has 2 aliphatic heterocycles. The molecule has 0 aromatic heterocycles. The molecule has 0 bridgehead atoms. The SMILES string of the molecule is CCOc1cc(/C=C2\C(=N)N3N=C(S(=O)(=O)CC)SC3=NC2=O)cc(Cl)c1OCc1ccccc1. The van der Waals surface area contributed by atoms with Crippen LogP contribution >= 0.6 is 23.4 Å². The minimum atomic E-state index is -3.61. The molecule has 0 saturated carbocycles. The molecular weight excluding hydrogens is 512 g/mol. The van der Waals surface area contributed by atoms with Gasteiger partial charge in [-0.15, -0.1) is 5.10 Å². The van der Waals surface area contributed by atoms with Crippen LogP contribution in [0, 0.1) is 5.41 Å². The van der Waals surface area contributed by atoms with E-state index in [0.717, 1.165) is 22.3 Å². The minimum Gasteiger partial charge on any atom is -0.490 e. The monoisotopic (exact) mass is 532 g/mol. The third kappa shape index (κ3) is 5.26. The molecule has 0 aliphatic carbocycles. The van der Waals surface area contributed by atoms with Gasteiger partial charge < -0.3 is 9.47 Å². The van der Waals surface area contributed by atoms with Crippen LogP contribution < -0.4 is 9.47 Å². The standard InChI is InChI=1S/C23H21ClN4O5S2/c1-3-32-18-12-15(11-17(24)19(18)33-13-14-8-6-5-7-9-14)10-16-20(25)28-22(26-21(16)29)34-23(27-28)35(30,31)4-2/h5-12,25H,3-4,13H2,1-2H3/b16-10+,25-20?. The molecular formula is C23H21ClN4O5S2. The number of hydrogen-bond acceptors (Lipinski definition) is 8. The van der Waals surface area contributed by atoms with Crippen molar-refractivity contribution in [1.82, 2.24) is 5.01 Å². The highest BCUT2D eigenvalue weighted by molar-refractivity contribution is 8.42. The van der Waals surface area contributed by atoms with Crippen molar-refractivity contribution in [2.45, 2.75) is 20.5 Å². The van der Waals surface area contributed by atoms with Crippen LogP contribution in [0.4, 0.5) is 0 Å². The number of carbonyl (C=O) groups excluding carboxylic acids is 1. The van der Waals surface area contributed by atoms with Gasteiger partial charge in [0.2, 0.25) is 19.4 Å². The van der Waals surface area contributed by atoms with Crippen molar-refractivity contribution >= 4 is 60.6 Å². The van der Waals surface area contributed by atoms with Crippen LogP contribution in [0.25, 0.3) is 6.08 Å². The summed E-state index contributed by atoms with van der Waals surface area (Å²) < 4.78 is 35.8. The number of halogens is 1. The van der Waals surface area contributed by atoms with Crippen LogP contribution in [0.2, 0.25) is 5.02 Å². The summed E-state index contributed by atoms with van der Waals surface area (Å²) in [7, 11) is -3.61. The Bertz CT molecular complexity index is 1390. The fourth-order valence-corrected chi connectivity index (χ4v) is 5.63. The van der Waals surface area contributed by atoms with Crippen molar-refractivity contribution in [3.05, 3.63) is 64.2 Å². The molecule has 12 heteroatoms. The number of thioether (sulfide) groups is 1. The normalized spacial score (nSPS) is 16.8. The Morgan fingerprint density at radius 1 is 1.17 bits per heavy atom. The number of aliphatic imine (C=N–C) groups is 1. The molecule has 0 unspecified atom stereocenters. The van der Waals surface area contributed by atoms with E-state index < -0.39 is 15.7 Å². The van der Waals surface area contributed by atoms with E-state index in [-0.39, 0.29) is 38.3 Å². The smallest absolute Gasteiger partial charge is 0.283 e. The first-order chi connectivity index (χ1) is 16.7. The largest absolute Gasteiger partial charge is 0.490 e. The Labute approximate surface area is 211 Å². The van der Waals surface area contributed by atoms with Gasteiger partial charge in [0.25, 0.3) is 5.91 Å². The van der Waals surface area contributed by atoms with Crippen LogP contribution in [0.1, 0.15) is 25.0 Å². The molecule has 2 heterocycles. The Kier molecular flexibility index (Phi) is 7.29. The first-order valence-corrected chi connectivity index (χ1v) is 13.4. The molecule has 9 nitrogen and oxygen atoms in total. The second-order valence-electron chi connectivity index (χ2n) is 7.33. The maximum atomic E-state index is 12.7. The number of rotatable bonds is 7. The number of fused-ring (bicyclic) bond motifs is 1. The Balaban J connectivity index is 1.65. The maximum absolute atomic E-state index is 12.7. The molecule has 0 radical (unpaired) electrons. The van der Waals surface area contributed by atoms with Crippen molar-refractivity contribution in [2.24, 2.45) is 10.1 Å². The molecule has 0 fully saturated rings. The van der Waals surface area contributed by atoms with E-state index in [1.165, 1.54) is 13.0 Å². The zero-order valence-corrected chi connectivity index (χ0v) is 21.2. The highest BCUT2D eigenvalue weighted by atomic mass is 35.5. The van der Waals surface area contributed by atoms with E-state index in [2.05, 4.69) is 10.1 Å². The topological polar surface area (TPSA) is 121 Å². The fraction of sp³-hybridized carbons (Fsp3) is 0.217. The second kappa shape index (κ2) is 10.2. The molecule has 182 valence electrons. The number of nitrogens with zero attached hydrogens (tertiary/aromatic N) is 3. The number of hydrogen-bond donors (Lipinski definition) is 1. The van der Waals surface area contributed by atoms with Gasteiger partial charge in [0.1, 0.15) is 6.61 Å². The van der Waals surface area contributed by atoms with Crippen molar-refractivity contribution < 1.29 is 22.7 Å². The van der Waals surface area contributed by atoms with Crippen LogP contribution in [0.3, 0.4) is 0 Å². The molecule has 0 saturated heterocycles. The van der Waals surface area contributed by atoms with Gasteiger partial charge in [-0.1, -0.05) is 48.9 Å². The highest BCUT2D eigenvalue weighted by Gasteiger charge is 2.39. The van der Waals surface area contributed by atoms with E-state index in [0.29, 0.717) is 23.7 Å². The minimum absolute atomic E-state index is 0.0295. The van der Waals surface area contributed by atoms with Crippen LogP contribution in [0.5, 0.6) is 11.5 Å². The second-order valence-corrected chi connectivity index (χ2v) is 11.1. The number of amides is 1. The van der Waals surface area contributed by atoms with Gasteiger partial charge in [-0.2, -0.15) is 10.0 Å². The summed E-state index contributed by atoms with van der Waals surface area (Å²) in [5.74, 6) is -0.376. The molecule has 2 aromatic carbocycles. The third-order valence-corrected chi connectivity index (χ3v) is 8.32. The zero-order chi connectivity index (χ0) is 25.2. The molecule has 0 spiro atoms. The fourth-order valence-electron chi connectivity index (χ4n) is 3.19. The van der Waals surface area contributed by atoms with Crippen molar-refractivity contribution in [2.75, 3.05) is 12.4 Å². The lowest BCUT2D eigenvalue weighted by molar-refractivity contribution is -0.114. The summed E-state index contributed by atoms with van der Waals surface area (Å²) in [5.41, 5.74) is 1.37. The number of benzene rings is 2. The number of carbonyl (C=O) groups is 1. The van der Waals surface area contributed by atoms with Crippen LogP contribution in [-0.2, 0) is 21.2 Å². The van der Waals surface area contributed by atoms with Gasteiger partial charge in [-0.3, -0.25) is 10.2 Å². The summed E-state index contributed by atoms with van der Waals surface area (Å²) in [5, 5.41) is 13.8. The van der Waals surface area contributed by atoms with Crippen molar-refractivity contribution in [1.29, 1.82) is 5.41 Å². The number of hydrazone groups is 1. The first kappa shape index (κ1) is 25.0. The van der Waals surface area contributed by atoms with Crippen LogP contribution in [-0.4, -0.2) is 47.1 Å². The van der Waals surface area contributed by atoms with E-state index in [1.807, 2.05) is 37.3 Å². The van der Waals surface area contributed by atoms with Gasteiger partial charge in [0, 0.05) is 0 Å². The van der Waals surface area contributed by atoms with Gasteiger partial charge >= 0.3 is 0 Å². The van der Waals surface area contributed by atoms with Gasteiger partial charge in [0.05, 0.1) is 23.0 Å². The van der Waals surface area contributed by atoms with Crippen molar-refractivity contribution in [3.8, 4) is 11.5 Å². The molecule has 2 aromatic rings. The quantitative estimate of drug-likeness (QED) is 0.527. The van der Waals surface area contributed by atoms with E-state index in [9.17, 15) is 13.2 Å². The van der Waals surface area contributed by atoms with Gasteiger partial charge in [0.15, 0.2) is 17.3 Å². The number of amidine groups is 2. The Morgan fingerprint density at radius 3 is 2.60 bits per heavy atom. The average molecular weight is 533 g/mol. The lowest BCUT2D eigenvalue weighted by atomic mass is 10.1. The summed E-state index contributed by atoms with van der Waals surface area (Å²) in [6.07, 6.45) is 1.44. The van der Waals surface area contributed by atoms with E-state index in [1.54, 1.807) is 12.1 Å². The molecule has 0 atom stereocenters. The highest BCUT2D eigenvalue weighted by Crippen LogP contribution is 2.38. The first-order valence-electron chi connectivity index (χ1n) is 10.6. The number of sulfone groups is 1. The summed E-state index contributed by atoms with van der Waals surface area (Å²) in [4.78, 5) is 16.6. The van der Waals surface area contributed by atoms with Crippen molar-refractivity contribution in [3.63, 3.8) is 0 Å². The van der Waals surface area contributed by atoms with Crippen LogP contribution in [0.15, 0.2) is 58.1 Å². The molecule has 1 amide bonds. The van der Waals surface area contributed by atoms with Gasteiger partial charge in [-0.05, 0) is 48.0 Å². The predicted molar refractivity (Wildman–Crippen MR) is 138 cm³/mol. The zero-order valence-electron chi connectivity index (χ0n) is 18.8.